The summed E-state index contributed by atoms with van der Waals surface area (Å²) in [6.45, 7) is 0.457. The summed E-state index contributed by atoms with van der Waals surface area (Å²) in [5.74, 6) is -1.13. The molecule has 1 saturated heterocycles. The summed E-state index contributed by atoms with van der Waals surface area (Å²) in [6.07, 6.45) is 1.27. The molecular formula is C20H17FN4O2S. The fourth-order valence-electron chi connectivity index (χ4n) is 3.23. The minimum Gasteiger partial charge on any atom is -0.327 e. The van der Waals surface area contributed by atoms with Crippen LogP contribution in [0, 0.1) is 5.82 Å². The molecule has 1 unspecified atom stereocenters. The Hall–Kier alpha value is -3.13. The van der Waals surface area contributed by atoms with Crippen LogP contribution in [0.1, 0.15) is 23.2 Å². The Kier molecular flexibility index (Phi) is 5.12. The van der Waals surface area contributed by atoms with Gasteiger partial charge in [-0.05, 0) is 31.0 Å². The highest BCUT2D eigenvalue weighted by Crippen LogP contribution is 2.27. The number of rotatable bonds is 4. The number of carbonyl (C=O) groups excluding carboxylic acids is 2. The molecule has 2 aromatic carbocycles. The molecule has 2 heterocycles. The topological polar surface area (TPSA) is 75.2 Å². The quantitative estimate of drug-likeness (QED) is 0.731. The van der Waals surface area contributed by atoms with E-state index < -0.39 is 11.9 Å². The van der Waals surface area contributed by atoms with Crippen LogP contribution in [0.25, 0.3) is 10.6 Å². The Morgan fingerprint density at radius 3 is 2.71 bits per heavy atom. The second-order valence-corrected chi connectivity index (χ2v) is 7.41. The first-order valence-electron chi connectivity index (χ1n) is 8.88. The van der Waals surface area contributed by atoms with E-state index in [9.17, 15) is 14.0 Å². The molecule has 2 amide bonds. The van der Waals surface area contributed by atoms with Crippen molar-refractivity contribution in [2.24, 2.45) is 0 Å². The maximum atomic E-state index is 13.4. The number of halogens is 1. The zero-order valence-corrected chi connectivity index (χ0v) is 15.7. The minimum absolute atomic E-state index is 0.238. The zero-order chi connectivity index (χ0) is 19.5. The highest BCUT2D eigenvalue weighted by molar-refractivity contribution is 7.18. The molecule has 1 atom stereocenters. The van der Waals surface area contributed by atoms with Crippen molar-refractivity contribution in [3.63, 3.8) is 0 Å². The number of likely N-dealkylation sites (tertiary alicyclic amines) is 1. The predicted molar refractivity (Wildman–Crippen MR) is 104 cm³/mol. The van der Waals surface area contributed by atoms with E-state index in [1.807, 2.05) is 30.3 Å². The minimum atomic E-state index is -0.611. The number of carbonyl (C=O) groups is 2. The summed E-state index contributed by atoms with van der Waals surface area (Å²) >= 11 is 1.27. The summed E-state index contributed by atoms with van der Waals surface area (Å²) in [5.41, 5.74) is 1.16. The SMILES string of the molecule is O=C(Nc1nnc(-c2ccccc2)s1)C1CCCN1C(=O)c1cccc(F)c1. The van der Waals surface area contributed by atoms with E-state index in [-0.39, 0.29) is 17.4 Å². The number of aromatic nitrogens is 2. The second-order valence-electron chi connectivity index (χ2n) is 6.43. The molecule has 1 aromatic heterocycles. The molecule has 1 aliphatic rings. The Bertz CT molecular complexity index is 1010. The molecule has 4 rings (SSSR count). The maximum absolute atomic E-state index is 13.4. The van der Waals surface area contributed by atoms with Crippen LogP contribution in [0.5, 0.6) is 0 Å². The second kappa shape index (κ2) is 7.85. The summed E-state index contributed by atoms with van der Waals surface area (Å²) in [5, 5.41) is 12.0. The number of benzene rings is 2. The average molecular weight is 396 g/mol. The number of nitrogens with zero attached hydrogens (tertiary/aromatic N) is 3. The molecule has 6 nitrogen and oxygen atoms in total. The van der Waals surface area contributed by atoms with Gasteiger partial charge in [0.05, 0.1) is 0 Å². The predicted octanol–water partition coefficient (Wildman–Crippen LogP) is 3.59. The lowest BCUT2D eigenvalue weighted by Gasteiger charge is -2.23. The summed E-state index contributed by atoms with van der Waals surface area (Å²) in [4.78, 5) is 26.9. The first-order valence-corrected chi connectivity index (χ1v) is 9.70. The van der Waals surface area contributed by atoms with Crippen molar-refractivity contribution in [2.45, 2.75) is 18.9 Å². The fourth-order valence-corrected chi connectivity index (χ4v) is 3.98. The maximum Gasteiger partial charge on any atom is 0.254 e. The van der Waals surface area contributed by atoms with Gasteiger partial charge in [-0.2, -0.15) is 0 Å². The third-order valence-corrected chi connectivity index (χ3v) is 5.45. The van der Waals surface area contributed by atoms with Crippen molar-refractivity contribution in [1.82, 2.24) is 15.1 Å². The molecule has 142 valence electrons. The zero-order valence-electron chi connectivity index (χ0n) is 14.8. The standard InChI is InChI=1S/C20H17FN4O2S/c21-15-9-4-8-14(12-15)19(27)25-11-5-10-16(25)17(26)22-20-24-23-18(28-20)13-6-2-1-3-7-13/h1-4,6-9,12,16H,5,10-11H2,(H,22,24,26). The Morgan fingerprint density at radius 1 is 1.11 bits per heavy atom. The van der Waals surface area contributed by atoms with Gasteiger partial charge < -0.3 is 4.90 Å². The fraction of sp³-hybridized carbons (Fsp3) is 0.200. The number of amides is 2. The van der Waals surface area contributed by atoms with Gasteiger partial charge in [0.1, 0.15) is 16.9 Å². The number of anilines is 1. The van der Waals surface area contributed by atoms with Gasteiger partial charge in [0, 0.05) is 17.7 Å². The molecule has 0 saturated carbocycles. The van der Waals surface area contributed by atoms with Crippen LogP contribution in [0.4, 0.5) is 9.52 Å². The van der Waals surface area contributed by atoms with Gasteiger partial charge in [0.15, 0.2) is 0 Å². The molecular weight excluding hydrogens is 379 g/mol. The van der Waals surface area contributed by atoms with E-state index in [0.29, 0.717) is 29.5 Å². The van der Waals surface area contributed by atoms with Crippen molar-refractivity contribution in [3.05, 3.63) is 66.0 Å². The first kappa shape index (κ1) is 18.2. The summed E-state index contributed by atoms with van der Waals surface area (Å²) < 4.78 is 13.4. The summed E-state index contributed by atoms with van der Waals surface area (Å²) in [6, 6.07) is 14.5. The number of hydrogen-bond acceptors (Lipinski definition) is 5. The molecule has 0 bridgehead atoms. The molecule has 8 heteroatoms. The number of hydrogen-bond donors (Lipinski definition) is 1. The van der Waals surface area contributed by atoms with Crippen molar-refractivity contribution in [3.8, 4) is 10.6 Å². The lowest BCUT2D eigenvalue weighted by Crippen LogP contribution is -2.43. The van der Waals surface area contributed by atoms with Crippen LogP contribution >= 0.6 is 11.3 Å². The van der Waals surface area contributed by atoms with E-state index in [1.165, 1.54) is 34.4 Å². The van der Waals surface area contributed by atoms with Crippen LogP contribution in [0.2, 0.25) is 0 Å². The Balaban J connectivity index is 1.47. The van der Waals surface area contributed by atoms with Gasteiger partial charge in [0.25, 0.3) is 5.91 Å². The third-order valence-electron chi connectivity index (χ3n) is 4.56. The van der Waals surface area contributed by atoms with Crippen molar-refractivity contribution >= 4 is 28.3 Å². The summed E-state index contributed by atoms with van der Waals surface area (Å²) in [7, 11) is 0. The highest BCUT2D eigenvalue weighted by Gasteiger charge is 2.35. The Labute approximate surface area is 165 Å². The van der Waals surface area contributed by atoms with Crippen LogP contribution in [0.15, 0.2) is 54.6 Å². The van der Waals surface area contributed by atoms with Gasteiger partial charge in [-0.15, -0.1) is 10.2 Å². The Morgan fingerprint density at radius 2 is 1.93 bits per heavy atom. The molecule has 0 radical (unpaired) electrons. The van der Waals surface area contributed by atoms with Crippen LogP contribution < -0.4 is 5.32 Å². The van der Waals surface area contributed by atoms with Crippen molar-refractivity contribution in [1.29, 1.82) is 0 Å². The van der Waals surface area contributed by atoms with E-state index in [4.69, 9.17) is 0 Å². The van der Waals surface area contributed by atoms with E-state index in [0.717, 1.165) is 5.56 Å². The van der Waals surface area contributed by atoms with E-state index in [2.05, 4.69) is 15.5 Å². The smallest absolute Gasteiger partial charge is 0.254 e. The molecule has 28 heavy (non-hydrogen) atoms. The molecule has 0 aliphatic carbocycles. The van der Waals surface area contributed by atoms with Crippen LogP contribution in [-0.2, 0) is 4.79 Å². The van der Waals surface area contributed by atoms with Gasteiger partial charge >= 0.3 is 0 Å². The molecule has 1 N–H and O–H groups in total. The molecule has 1 fully saturated rings. The average Bonchev–Trinajstić information content (AvgIpc) is 3.38. The normalized spacial score (nSPS) is 16.2. The molecule has 0 spiro atoms. The van der Waals surface area contributed by atoms with E-state index >= 15 is 0 Å². The van der Waals surface area contributed by atoms with Crippen molar-refractivity contribution in [2.75, 3.05) is 11.9 Å². The van der Waals surface area contributed by atoms with Gasteiger partial charge in [-0.25, -0.2) is 4.39 Å². The largest absolute Gasteiger partial charge is 0.327 e. The van der Waals surface area contributed by atoms with Crippen LogP contribution in [-0.4, -0.2) is 39.5 Å². The highest BCUT2D eigenvalue weighted by atomic mass is 32.1. The lowest BCUT2D eigenvalue weighted by atomic mass is 10.1. The van der Waals surface area contributed by atoms with Crippen LogP contribution in [0.3, 0.4) is 0 Å². The first-order chi connectivity index (χ1) is 13.6. The number of nitrogens with one attached hydrogen (secondary N) is 1. The van der Waals surface area contributed by atoms with Crippen molar-refractivity contribution < 1.29 is 14.0 Å². The van der Waals surface area contributed by atoms with E-state index in [1.54, 1.807) is 6.07 Å². The monoisotopic (exact) mass is 396 g/mol. The third kappa shape index (κ3) is 3.77. The van der Waals surface area contributed by atoms with Gasteiger partial charge in [0.2, 0.25) is 11.0 Å². The van der Waals surface area contributed by atoms with Gasteiger partial charge in [-0.3, -0.25) is 14.9 Å². The van der Waals surface area contributed by atoms with Gasteiger partial charge in [-0.1, -0.05) is 47.7 Å². The molecule has 1 aliphatic heterocycles. The molecule has 3 aromatic rings. The lowest BCUT2D eigenvalue weighted by molar-refractivity contribution is -0.119.